The number of piperazine rings is 1. The Morgan fingerprint density at radius 2 is 1.85 bits per heavy atom. The molecular weight excluding hydrogens is 348 g/mol. The number of fused-ring (bicyclic) bond motifs is 3. The van der Waals surface area contributed by atoms with Crippen molar-refractivity contribution in [1.29, 1.82) is 0 Å². The Labute approximate surface area is 157 Å². The highest BCUT2D eigenvalue weighted by atomic mass is 35.5. The van der Waals surface area contributed by atoms with Crippen LogP contribution in [0.25, 0.3) is 16.9 Å². The Bertz CT molecular complexity index is 911. The van der Waals surface area contributed by atoms with Gasteiger partial charge in [0.2, 0.25) is 0 Å². The van der Waals surface area contributed by atoms with Gasteiger partial charge in [0.25, 0.3) is 0 Å². The van der Waals surface area contributed by atoms with Crippen molar-refractivity contribution < 1.29 is 4.74 Å². The number of morpholine rings is 1. The first-order valence-electron chi connectivity index (χ1n) is 9.04. The van der Waals surface area contributed by atoms with Crippen LogP contribution in [0.3, 0.4) is 0 Å². The van der Waals surface area contributed by atoms with Crippen LogP contribution in [0.1, 0.15) is 5.69 Å². The molecule has 5 rings (SSSR count). The maximum atomic E-state index is 6.08. The molecule has 5 nitrogen and oxygen atoms in total. The highest BCUT2D eigenvalue weighted by molar-refractivity contribution is 6.30. The minimum Gasteiger partial charge on any atom is -0.378 e. The van der Waals surface area contributed by atoms with Crippen LogP contribution in [0.4, 0.5) is 0 Å². The number of imidazole rings is 1. The molecule has 4 heterocycles. The van der Waals surface area contributed by atoms with Crippen molar-refractivity contribution in [3.63, 3.8) is 0 Å². The van der Waals surface area contributed by atoms with E-state index in [9.17, 15) is 0 Å². The summed E-state index contributed by atoms with van der Waals surface area (Å²) >= 11 is 6.08. The Balaban J connectivity index is 1.53. The SMILES string of the molecule is Clc1ccc(-c2nc3ccccn3c2CN2CC3COCC(C2)N3)cc1. The highest BCUT2D eigenvalue weighted by Crippen LogP contribution is 2.27. The van der Waals surface area contributed by atoms with Gasteiger partial charge in [0.05, 0.1) is 24.6 Å². The van der Waals surface area contributed by atoms with Crippen LogP contribution in [0, 0.1) is 0 Å². The topological polar surface area (TPSA) is 41.8 Å². The van der Waals surface area contributed by atoms with E-state index in [2.05, 4.69) is 32.9 Å². The minimum absolute atomic E-state index is 0.417. The van der Waals surface area contributed by atoms with E-state index in [-0.39, 0.29) is 0 Å². The summed E-state index contributed by atoms with van der Waals surface area (Å²) in [5.74, 6) is 0. The summed E-state index contributed by atoms with van der Waals surface area (Å²) in [6.07, 6.45) is 2.10. The zero-order chi connectivity index (χ0) is 17.5. The fraction of sp³-hybridized carbons (Fsp3) is 0.350. The van der Waals surface area contributed by atoms with Crippen LogP contribution in [0.2, 0.25) is 5.02 Å². The summed E-state index contributed by atoms with van der Waals surface area (Å²) in [6, 6.07) is 14.9. The Morgan fingerprint density at radius 1 is 1.08 bits per heavy atom. The second-order valence-corrected chi connectivity index (χ2v) is 7.57. The molecule has 0 amide bonds. The van der Waals surface area contributed by atoms with Gasteiger partial charge in [-0.25, -0.2) is 4.98 Å². The molecule has 0 spiro atoms. The summed E-state index contributed by atoms with van der Waals surface area (Å²) in [5.41, 5.74) is 4.34. The summed E-state index contributed by atoms with van der Waals surface area (Å²) in [4.78, 5) is 7.42. The van der Waals surface area contributed by atoms with Gasteiger partial charge in [-0.05, 0) is 24.3 Å². The summed E-state index contributed by atoms with van der Waals surface area (Å²) in [5, 5.41) is 4.39. The number of halogens is 1. The molecule has 1 aromatic carbocycles. The lowest BCUT2D eigenvalue weighted by atomic mass is 10.1. The molecule has 0 aliphatic carbocycles. The van der Waals surface area contributed by atoms with Gasteiger partial charge in [-0.2, -0.15) is 0 Å². The standard InChI is InChI=1S/C20H21ClN4O/c21-15-6-4-14(5-7-15)20-18(25-8-2-1-3-19(25)23-20)11-24-9-16-12-26-13-17(10-24)22-16/h1-8,16-17,22H,9-13H2. The average molecular weight is 369 g/mol. The zero-order valence-electron chi connectivity index (χ0n) is 14.4. The van der Waals surface area contributed by atoms with E-state index in [0.717, 1.165) is 54.8 Å². The normalized spacial score (nSPS) is 23.4. The van der Waals surface area contributed by atoms with E-state index >= 15 is 0 Å². The van der Waals surface area contributed by atoms with Gasteiger partial charge in [-0.15, -0.1) is 0 Å². The molecule has 2 atom stereocenters. The number of hydrogen-bond acceptors (Lipinski definition) is 4. The summed E-state index contributed by atoms with van der Waals surface area (Å²) in [6.45, 7) is 4.46. The lowest BCUT2D eigenvalue weighted by molar-refractivity contribution is -0.00900. The molecule has 2 unspecified atom stereocenters. The van der Waals surface area contributed by atoms with E-state index in [1.165, 1.54) is 5.69 Å². The number of rotatable bonds is 3. The van der Waals surface area contributed by atoms with Crippen molar-refractivity contribution in [2.24, 2.45) is 0 Å². The smallest absolute Gasteiger partial charge is 0.137 e. The van der Waals surface area contributed by atoms with Crippen LogP contribution >= 0.6 is 11.6 Å². The largest absolute Gasteiger partial charge is 0.378 e. The van der Waals surface area contributed by atoms with E-state index < -0.39 is 0 Å². The first kappa shape index (κ1) is 16.3. The summed E-state index contributed by atoms with van der Waals surface area (Å²) in [7, 11) is 0. The lowest BCUT2D eigenvalue weighted by Crippen LogP contribution is -2.62. The Morgan fingerprint density at radius 3 is 2.62 bits per heavy atom. The minimum atomic E-state index is 0.417. The number of nitrogens with zero attached hydrogens (tertiary/aromatic N) is 3. The van der Waals surface area contributed by atoms with Gasteiger partial charge in [-0.3, -0.25) is 4.90 Å². The predicted molar refractivity (Wildman–Crippen MR) is 102 cm³/mol. The molecule has 0 radical (unpaired) electrons. The molecular formula is C20H21ClN4O. The fourth-order valence-electron chi connectivity index (χ4n) is 4.07. The average Bonchev–Trinajstić information content (AvgIpc) is 3.01. The van der Waals surface area contributed by atoms with Crippen LogP contribution in [-0.2, 0) is 11.3 Å². The van der Waals surface area contributed by atoms with E-state index in [4.69, 9.17) is 21.3 Å². The van der Waals surface area contributed by atoms with Crippen molar-refractivity contribution in [2.45, 2.75) is 18.6 Å². The van der Waals surface area contributed by atoms with Gasteiger partial charge in [0.15, 0.2) is 0 Å². The zero-order valence-corrected chi connectivity index (χ0v) is 15.2. The monoisotopic (exact) mass is 368 g/mol. The van der Waals surface area contributed by atoms with Gasteiger partial charge in [-0.1, -0.05) is 29.8 Å². The van der Waals surface area contributed by atoms with Crippen LogP contribution in [0.15, 0.2) is 48.7 Å². The number of aromatic nitrogens is 2. The number of ether oxygens (including phenoxy) is 1. The van der Waals surface area contributed by atoms with E-state index in [1.807, 2.05) is 30.3 Å². The maximum absolute atomic E-state index is 6.08. The molecule has 26 heavy (non-hydrogen) atoms. The van der Waals surface area contributed by atoms with Crippen molar-refractivity contribution in [3.05, 3.63) is 59.4 Å². The van der Waals surface area contributed by atoms with Crippen LogP contribution < -0.4 is 5.32 Å². The van der Waals surface area contributed by atoms with Crippen molar-refractivity contribution in [3.8, 4) is 11.3 Å². The molecule has 3 aromatic rings. The Hall–Kier alpha value is -1.92. The van der Waals surface area contributed by atoms with Crippen LogP contribution in [-0.4, -0.2) is 52.7 Å². The molecule has 2 aromatic heterocycles. The van der Waals surface area contributed by atoms with Gasteiger partial charge < -0.3 is 14.5 Å². The van der Waals surface area contributed by atoms with Crippen molar-refractivity contribution in [2.75, 3.05) is 26.3 Å². The first-order chi connectivity index (χ1) is 12.8. The predicted octanol–water partition coefficient (Wildman–Crippen LogP) is 2.83. The highest BCUT2D eigenvalue weighted by Gasteiger charge is 2.31. The van der Waals surface area contributed by atoms with Crippen molar-refractivity contribution in [1.82, 2.24) is 19.6 Å². The summed E-state index contributed by atoms with van der Waals surface area (Å²) < 4.78 is 7.88. The van der Waals surface area contributed by atoms with E-state index in [0.29, 0.717) is 12.1 Å². The van der Waals surface area contributed by atoms with Crippen LogP contribution in [0.5, 0.6) is 0 Å². The lowest BCUT2D eigenvalue weighted by Gasteiger charge is -2.42. The third-order valence-corrected chi connectivity index (χ3v) is 5.44. The van der Waals surface area contributed by atoms with Crippen molar-refractivity contribution >= 4 is 17.2 Å². The van der Waals surface area contributed by atoms with Gasteiger partial charge in [0, 0.05) is 48.5 Å². The quantitative estimate of drug-likeness (QED) is 0.772. The second kappa shape index (κ2) is 6.67. The van der Waals surface area contributed by atoms with Gasteiger partial charge >= 0.3 is 0 Å². The number of hydrogen-bond donors (Lipinski definition) is 1. The molecule has 2 aliphatic rings. The molecule has 2 bridgehead atoms. The molecule has 2 saturated heterocycles. The number of benzene rings is 1. The third kappa shape index (κ3) is 3.01. The molecule has 134 valence electrons. The van der Waals surface area contributed by atoms with E-state index in [1.54, 1.807) is 0 Å². The van der Waals surface area contributed by atoms with Gasteiger partial charge in [0.1, 0.15) is 5.65 Å². The third-order valence-electron chi connectivity index (χ3n) is 5.19. The maximum Gasteiger partial charge on any atom is 0.137 e. The number of nitrogens with one attached hydrogen (secondary N) is 1. The first-order valence-corrected chi connectivity index (χ1v) is 9.42. The Kier molecular flexibility index (Phi) is 4.17. The molecule has 2 fully saturated rings. The molecule has 2 aliphatic heterocycles. The second-order valence-electron chi connectivity index (χ2n) is 7.13. The number of pyridine rings is 1. The fourth-order valence-corrected chi connectivity index (χ4v) is 4.19. The molecule has 0 saturated carbocycles. The molecule has 6 heteroatoms. The molecule has 1 N–H and O–H groups in total.